The van der Waals surface area contributed by atoms with E-state index in [1.807, 2.05) is 31.2 Å². The number of piperidine rings is 1. The molecule has 0 radical (unpaired) electrons. The van der Waals surface area contributed by atoms with Crippen molar-refractivity contribution in [2.45, 2.75) is 19.8 Å². The highest BCUT2D eigenvalue weighted by atomic mass is 35.5. The normalized spacial score (nSPS) is 20.0. The van der Waals surface area contributed by atoms with Gasteiger partial charge in [0.15, 0.2) is 0 Å². The first-order valence-corrected chi connectivity index (χ1v) is 11.5. The van der Waals surface area contributed by atoms with Crippen LogP contribution in [-0.2, 0) is 4.79 Å². The van der Waals surface area contributed by atoms with Crippen molar-refractivity contribution in [2.75, 3.05) is 62.2 Å². The van der Waals surface area contributed by atoms with Crippen LogP contribution in [0.1, 0.15) is 18.5 Å². The van der Waals surface area contributed by atoms with Gasteiger partial charge in [-0.15, -0.1) is 0 Å². The summed E-state index contributed by atoms with van der Waals surface area (Å²) in [6.07, 6.45) is 3.70. The van der Waals surface area contributed by atoms with Crippen LogP contribution in [0.15, 0.2) is 36.5 Å². The van der Waals surface area contributed by atoms with Crippen LogP contribution in [0.5, 0.6) is 0 Å². The summed E-state index contributed by atoms with van der Waals surface area (Å²) >= 11 is 6.12. The van der Waals surface area contributed by atoms with Crippen molar-refractivity contribution in [3.63, 3.8) is 0 Å². The van der Waals surface area contributed by atoms with Gasteiger partial charge >= 0.3 is 0 Å². The summed E-state index contributed by atoms with van der Waals surface area (Å²) in [6, 6.07) is 9.93. The SMILES string of the molecule is Cc1ccnc(N2CCC[C@@H](C(=O)NCCN3CCN(c4cccc(Cl)c4)CC3)C2)n1. The summed E-state index contributed by atoms with van der Waals surface area (Å²) in [7, 11) is 0. The monoisotopic (exact) mass is 442 g/mol. The van der Waals surface area contributed by atoms with Crippen molar-refractivity contribution in [2.24, 2.45) is 5.92 Å². The summed E-state index contributed by atoms with van der Waals surface area (Å²) in [5.41, 5.74) is 2.13. The number of nitrogens with zero attached hydrogens (tertiary/aromatic N) is 5. The minimum absolute atomic E-state index is 0.00228. The van der Waals surface area contributed by atoms with Gasteiger partial charge < -0.3 is 15.1 Å². The lowest BCUT2D eigenvalue weighted by Gasteiger charge is -2.36. The van der Waals surface area contributed by atoms with Gasteiger partial charge in [0.2, 0.25) is 11.9 Å². The average molecular weight is 443 g/mol. The van der Waals surface area contributed by atoms with Gasteiger partial charge in [-0.2, -0.15) is 0 Å². The summed E-state index contributed by atoms with van der Waals surface area (Å²) in [4.78, 5) is 28.5. The van der Waals surface area contributed by atoms with Gasteiger partial charge in [0, 0.05) is 75.0 Å². The lowest BCUT2D eigenvalue weighted by molar-refractivity contribution is -0.125. The number of benzene rings is 1. The van der Waals surface area contributed by atoms with E-state index in [1.165, 1.54) is 5.69 Å². The van der Waals surface area contributed by atoms with E-state index in [0.29, 0.717) is 13.1 Å². The minimum atomic E-state index is -0.00228. The molecule has 166 valence electrons. The topological polar surface area (TPSA) is 64.6 Å². The second kappa shape index (κ2) is 10.3. The molecule has 0 aliphatic carbocycles. The number of anilines is 2. The molecule has 2 saturated heterocycles. The number of hydrogen-bond acceptors (Lipinski definition) is 6. The van der Waals surface area contributed by atoms with Crippen LogP contribution in [0, 0.1) is 12.8 Å². The number of amides is 1. The standard InChI is InChI=1S/C23H31ClN6O/c1-18-7-8-26-23(27-18)30-10-3-4-19(17-30)22(31)25-9-11-28-12-14-29(15-13-28)21-6-2-5-20(24)16-21/h2,5-8,16,19H,3-4,9-15,17H2,1H3,(H,25,31)/t19-/m1/s1. The Labute approximate surface area is 189 Å². The highest BCUT2D eigenvalue weighted by molar-refractivity contribution is 6.30. The average Bonchev–Trinajstić information content (AvgIpc) is 2.79. The van der Waals surface area contributed by atoms with E-state index in [1.54, 1.807) is 6.20 Å². The van der Waals surface area contributed by atoms with E-state index in [2.05, 4.69) is 36.1 Å². The molecule has 2 fully saturated rings. The minimum Gasteiger partial charge on any atom is -0.369 e. The van der Waals surface area contributed by atoms with Gasteiger partial charge in [-0.3, -0.25) is 9.69 Å². The highest BCUT2D eigenvalue weighted by Crippen LogP contribution is 2.22. The fourth-order valence-electron chi connectivity index (χ4n) is 4.34. The molecule has 2 aromatic rings. The predicted molar refractivity (Wildman–Crippen MR) is 125 cm³/mol. The smallest absolute Gasteiger partial charge is 0.225 e. The van der Waals surface area contributed by atoms with Crippen molar-refractivity contribution in [1.29, 1.82) is 0 Å². The van der Waals surface area contributed by atoms with Crippen molar-refractivity contribution in [3.05, 3.63) is 47.2 Å². The van der Waals surface area contributed by atoms with E-state index in [9.17, 15) is 4.79 Å². The van der Waals surface area contributed by atoms with Gasteiger partial charge in [-0.25, -0.2) is 9.97 Å². The summed E-state index contributed by atoms with van der Waals surface area (Å²) in [5.74, 6) is 0.877. The first-order chi connectivity index (χ1) is 15.1. The highest BCUT2D eigenvalue weighted by Gasteiger charge is 2.27. The molecule has 1 N–H and O–H groups in total. The molecule has 1 atom stereocenters. The molecule has 1 aromatic heterocycles. The third kappa shape index (κ3) is 5.86. The fraction of sp³-hybridized carbons (Fsp3) is 0.522. The van der Waals surface area contributed by atoms with E-state index in [4.69, 9.17) is 11.6 Å². The van der Waals surface area contributed by atoms with Crippen molar-refractivity contribution in [1.82, 2.24) is 20.2 Å². The molecule has 7 nitrogen and oxygen atoms in total. The van der Waals surface area contributed by atoms with Crippen LogP contribution in [0.2, 0.25) is 5.02 Å². The molecule has 0 saturated carbocycles. The molecule has 1 aromatic carbocycles. The predicted octanol–water partition coefficient (Wildman–Crippen LogP) is 2.59. The number of hydrogen-bond donors (Lipinski definition) is 1. The number of aromatic nitrogens is 2. The quantitative estimate of drug-likeness (QED) is 0.741. The first kappa shape index (κ1) is 21.8. The number of carbonyl (C=O) groups is 1. The number of carbonyl (C=O) groups excluding carboxylic acids is 1. The van der Waals surface area contributed by atoms with Crippen molar-refractivity contribution >= 4 is 29.1 Å². The Morgan fingerprint density at radius 2 is 2.00 bits per heavy atom. The number of nitrogens with one attached hydrogen (secondary N) is 1. The Morgan fingerprint density at radius 1 is 1.16 bits per heavy atom. The van der Waals surface area contributed by atoms with Crippen molar-refractivity contribution < 1.29 is 4.79 Å². The Bertz CT molecular complexity index is 886. The van der Waals surface area contributed by atoms with Crippen LogP contribution >= 0.6 is 11.6 Å². The maximum absolute atomic E-state index is 12.7. The van der Waals surface area contributed by atoms with Gasteiger partial charge in [0.25, 0.3) is 0 Å². The van der Waals surface area contributed by atoms with Crippen LogP contribution in [0.3, 0.4) is 0 Å². The molecule has 2 aliphatic rings. The number of piperazine rings is 1. The zero-order valence-electron chi connectivity index (χ0n) is 18.1. The number of halogens is 1. The molecule has 8 heteroatoms. The van der Waals surface area contributed by atoms with E-state index in [0.717, 1.165) is 68.8 Å². The van der Waals surface area contributed by atoms with Crippen molar-refractivity contribution in [3.8, 4) is 0 Å². The molecule has 31 heavy (non-hydrogen) atoms. The fourth-order valence-corrected chi connectivity index (χ4v) is 4.53. The number of rotatable bonds is 6. The Hall–Kier alpha value is -2.38. The zero-order chi connectivity index (χ0) is 21.6. The van der Waals surface area contributed by atoms with E-state index >= 15 is 0 Å². The van der Waals surface area contributed by atoms with Gasteiger partial charge in [0.1, 0.15) is 0 Å². The molecule has 0 unspecified atom stereocenters. The first-order valence-electron chi connectivity index (χ1n) is 11.1. The van der Waals surface area contributed by atoms with Crippen LogP contribution in [-0.4, -0.2) is 73.1 Å². The summed E-state index contributed by atoms with van der Waals surface area (Å²) in [5, 5.41) is 3.93. The molecular formula is C23H31ClN6O. The van der Waals surface area contributed by atoms with Gasteiger partial charge in [-0.1, -0.05) is 17.7 Å². The second-order valence-electron chi connectivity index (χ2n) is 8.38. The second-order valence-corrected chi connectivity index (χ2v) is 8.82. The lowest BCUT2D eigenvalue weighted by Crippen LogP contribution is -2.49. The zero-order valence-corrected chi connectivity index (χ0v) is 18.9. The third-order valence-electron chi connectivity index (χ3n) is 6.13. The Balaban J connectivity index is 1.19. The van der Waals surface area contributed by atoms with Crippen LogP contribution < -0.4 is 15.1 Å². The maximum Gasteiger partial charge on any atom is 0.225 e. The summed E-state index contributed by atoms with van der Waals surface area (Å²) in [6.45, 7) is 9.06. The lowest BCUT2D eigenvalue weighted by atomic mass is 9.97. The maximum atomic E-state index is 12.7. The van der Waals surface area contributed by atoms with E-state index < -0.39 is 0 Å². The van der Waals surface area contributed by atoms with E-state index in [-0.39, 0.29) is 11.8 Å². The third-order valence-corrected chi connectivity index (χ3v) is 6.37. The largest absolute Gasteiger partial charge is 0.369 e. The summed E-state index contributed by atoms with van der Waals surface area (Å²) < 4.78 is 0. The Kier molecular flexibility index (Phi) is 7.25. The number of aryl methyl sites for hydroxylation is 1. The molecule has 0 spiro atoms. The Morgan fingerprint density at radius 3 is 2.77 bits per heavy atom. The molecule has 3 heterocycles. The molecule has 4 rings (SSSR count). The molecule has 2 aliphatic heterocycles. The molecule has 0 bridgehead atoms. The molecular weight excluding hydrogens is 412 g/mol. The van der Waals surface area contributed by atoms with Crippen LogP contribution in [0.4, 0.5) is 11.6 Å². The van der Waals surface area contributed by atoms with Crippen LogP contribution in [0.25, 0.3) is 0 Å². The molecule has 1 amide bonds. The van der Waals surface area contributed by atoms with Gasteiger partial charge in [-0.05, 0) is 44.0 Å². The van der Waals surface area contributed by atoms with Gasteiger partial charge in [0.05, 0.1) is 5.92 Å².